The molecule has 0 radical (unpaired) electrons. The zero-order valence-corrected chi connectivity index (χ0v) is 12.7. The fraction of sp³-hybridized carbons (Fsp3) is 0.471. The highest BCUT2D eigenvalue weighted by Crippen LogP contribution is 2.40. The molecular weight excluding hydrogens is 274 g/mol. The van der Waals surface area contributed by atoms with Crippen molar-refractivity contribution in [1.29, 1.82) is 0 Å². The van der Waals surface area contributed by atoms with Crippen molar-refractivity contribution in [2.75, 3.05) is 18.0 Å². The largest absolute Gasteiger partial charge is 0.354 e. The van der Waals surface area contributed by atoms with E-state index in [1.165, 1.54) is 24.6 Å². The Labute approximate surface area is 128 Å². The first kappa shape index (κ1) is 12.4. The Morgan fingerprint density at radius 3 is 2.50 bits per heavy atom. The molecule has 0 N–H and O–H groups in total. The number of hydrogen-bond acceptors (Lipinski definition) is 4. The van der Waals surface area contributed by atoms with Crippen molar-refractivity contribution in [3.8, 4) is 0 Å². The zero-order valence-electron chi connectivity index (χ0n) is 12.7. The van der Waals surface area contributed by atoms with Gasteiger partial charge in [0.2, 0.25) is 0 Å². The normalized spacial score (nSPS) is 24.5. The molecule has 0 amide bonds. The van der Waals surface area contributed by atoms with Crippen LogP contribution < -0.4 is 4.90 Å². The molecule has 3 aromatic rings. The van der Waals surface area contributed by atoms with Crippen molar-refractivity contribution in [3.63, 3.8) is 0 Å². The van der Waals surface area contributed by atoms with Gasteiger partial charge in [-0.05, 0) is 31.6 Å². The van der Waals surface area contributed by atoms with Gasteiger partial charge in [0.15, 0.2) is 17.3 Å². The van der Waals surface area contributed by atoms with Crippen LogP contribution in [-0.4, -0.2) is 32.9 Å². The summed E-state index contributed by atoms with van der Waals surface area (Å²) in [6, 6.07) is 8.44. The molecule has 112 valence electrons. The summed E-state index contributed by atoms with van der Waals surface area (Å²) < 4.78 is 1.89. The molecule has 5 heteroatoms. The lowest BCUT2D eigenvalue weighted by atomic mass is 10.0. The fourth-order valence-electron chi connectivity index (χ4n) is 4.31. The van der Waals surface area contributed by atoms with E-state index in [0.29, 0.717) is 0 Å². The van der Waals surface area contributed by atoms with Gasteiger partial charge in [0, 0.05) is 23.9 Å². The Kier molecular flexibility index (Phi) is 2.48. The van der Waals surface area contributed by atoms with E-state index < -0.39 is 0 Å². The quantitative estimate of drug-likeness (QED) is 0.692. The average Bonchev–Trinajstić information content (AvgIpc) is 3.21. The Morgan fingerprint density at radius 1 is 1.00 bits per heavy atom. The number of aryl methyl sites for hydroxylation is 1. The van der Waals surface area contributed by atoms with Gasteiger partial charge in [-0.2, -0.15) is 4.52 Å². The lowest BCUT2D eigenvalue weighted by Gasteiger charge is -2.20. The van der Waals surface area contributed by atoms with E-state index in [2.05, 4.69) is 39.4 Å². The summed E-state index contributed by atoms with van der Waals surface area (Å²) in [5, 5.41) is 15.7. The molecule has 2 aromatic heterocycles. The standard InChI is InChI=1S/C17H19N5/c1-11-18-19-16-14-7-2-3-8-15(14)17(20-22(11)16)21-9-12-5-4-6-13(12)10-21/h2-3,7-8,12-13H,4-6,9-10H2,1H3/t12-,13+. The van der Waals surface area contributed by atoms with Crippen LogP contribution in [0.3, 0.4) is 0 Å². The lowest BCUT2D eigenvalue weighted by molar-refractivity contribution is 0.494. The van der Waals surface area contributed by atoms with E-state index in [0.717, 1.165) is 47.6 Å². The predicted molar refractivity (Wildman–Crippen MR) is 86.1 cm³/mol. The molecule has 1 aliphatic heterocycles. The van der Waals surface area contributed by atoms with E-state index in [1.54, 1.807) is 0 Å². The fourth-order valence-corrected chi connectivity index (χ4v) is 4.31. The number of hydrogen-bond donors (Lipinski definition) is 0. The van der Waals surface area contributed by atoms with Crippen molar-refractivity contribution < 1.29 is 0 Å². The van der Waals surface area contributed by atoms with E-state index >= 15 is 0 Å². The van der Waals surface area contributed by atoms with Crippen LogP contribution in [0.2, 0.25) is 0 Å². The molecule has 1 saturated heterocycles. The molecule has 2 atom stereocenters. The van der Waals surface area contributed by atoms with Crippen LogP contribution >= 0.6 is 0 Å². The summed E-state index contributed by atoms with van der Waals surface area (Å²) in [5.74, 6) is 3.67. The van der Waals surface area contributed by atoms with Crippen LogP contribution in [-0.2, 0) is 0 Å². The van der Waals surface area contributed by atoms with Crippen LogP contribution in [0.15, 0.2) is 24.3 Å². The summed E-state index contributed by atoms with van der Waals surface area (Å²) in [5.41, 5.74) is 0.858. The Balaban J connectivity index is 1.73. The van der Waals surface area contributed by atoms with Gasteiger partial charge in [0.25, 0.3) is 0 Å². The smallest absolute Gasteiger partial charge is 0.185 e. The molecule has 1 saturated carbocycles. The van der Waals surface area contributed by atoms with E-state index in [9.17, 15) is 0 Å². The molecule has 2 aliphatic rings. The number of rotatable bonds is 1. The molecule has 1 aromatic carbocycles. The van der Waals surface area contributed by atoms with Gasteiger partial charge in [-0.15, -0.1) is 15.3 Å². The Morgan fingerprint density at radius 2 is 1.73 bits per heavy atom. The van der Waals surface area contributed by atoms with Crippen molar-refractivity contribution in [2.24, 2.45) is 11.8 Å². The number of anilines is 1. The molecule has 1 aliphatic carbocycles. The van der Waals surface area contributed by atoms with Crippen LogP contribution in [0.25, 0.3) is 16.4 Å². The topological polar surface area (TPSA) is 46.3 Å². The highest BCUT2D eigenvalue weighted by atomic mass is 15.4. The molecule has 0 bridgehead atoms. The summed E-state index contributed by atoms with van der Waals surface area (Å²) >= 11 is 0. The van der Waals surface area contributed by atoms with Gasteiger partial charge in [-0.1, -0.05) is 30.7 Å². The van der Waals surface area contributed by atoms with Crippen molar-refractivity contribution in [3.05, 3.63) is 30.1 Å². The summed E-state index contributed by atoms with van der Waals surface area (Å²) in [7, 11) is 0. The van der Waals surface area contributed by atoms with Crippen LogP contribution in [0.4, 0.5) is 5.82 Å². The SMILES string of the molecule is Cc1nnc2c3ccccc3c(N3C[C@H]4CCC[C@H]4C3)nn12. The lowest BCUT2D eigenvalue weighted by Crippen LogP contribution is -2.23. The molecule has 2 fully saturated rings. The highest BCUT2D eigenvalue weighted by molar-refractivity contribution is 6.00. The molecular formula is C17H19N5. The Bertz CT molecular complexity index is 856. The number of benzene rings is 1. The molecule has 3 heterocycles. The van der Waals surface area contributed by atoms with Crippen LogP contribution in [0.1, 0.15) is 25.1 Å². The maximum atomic E-state index is 4.89. The minimum absolute atomic E-state index is 0.849. The highest BCUT2D eigenvalue weighted by Gasteiger charge is 2.37. The second-order valence-electron chi connectivity index (χ2n) is 6.71. The third kappa shape index (κ3) is 1.62. The van der Waals surface area contributed by atoms with Gasteiger partial charge >= 0.3 is 0 Å². The number of aromatic nitrogens is 4. The maximum Gasteiger partial charge on any atom is 0.185 e. The van der Waals surface area contributed by atoms with E-state index in [-0.39, 0.29) is 0 Å². The number of nitrogens with zero attached hydrogens (tertiary/aromatic N) is 5. The van der Waals surface area contributed by atoms with Gasteiger partial charge in [0.1, 0.15) is 0 Å². The zero-order chi connectivity index (χ0) is 14.7. The van der Waals surface area contributed by atoms with Crippen molar-refractivity contribution in [1.82, 2.24) is 19.8 Å². The summed E-state index contributed by atoms with van der Waals surface area (Å²) in [6.07, 6.45) is 4.17. The van der Waals surface area contributed by atoms with Gasteiger partial charge < -0.3 is 4.90 Å². The molecule has 22 heavy (non-hydrogen) atoms. The first-order valence-electron chi connectivity index (χ1n) is 8.17. The van der Waals surface area contributed by atoms with Crippen molar-refractivity contribution in [2.45, 2.75) is 26.2 Å². The minimum atomic E-state index is 0.849. The first-order valence-corrected chi connectivity index (χ1v) is 8.17. The summed E-state index contributed by atoms with van der Waals surface area (Å²) in [4.78, 5) is 2.48. The summed E-state index contributed by atoms with van der Waals surface area (Å²) in [6.45, 7) is 4.26. The molecule has 5 nitrogen and oxygen atoms in total. The molecule has 5 rings (SSSR count). The second-order valence-corrected chi connectivity index (χ2v) is 6.71. The third-order valence-electron chi connectivity index (χ3n) is 5.43. The second kappa shape index (κ2) is 4.41. The average molecular weight is 293 g/mol. The van der Waals surface area contributed by atoms with Crippen LogP contribution in [0.5, 0.6) is 0 Å². The van der Waals surface area contributed by atoms with Crippen molar-refractivity contribution >= 4 is 22.2 Å². The number of fused-ring (bicyclic) bond motifs is 4. The van der Waals surface area contributed by atoms with E-state index in [4.69, 9.17) is 5.10 Å². The molecule has 0 unspecified atom stereocenters. The van der Waals surface area contributed by atoms with Gasteiger partial charge in [-0.3, -0.25) is 0 Å². The maximum absolute atomic E-state index is 4.89. The Hall–Kier alpha value is -2.17. The monoisotopic (exact) mass is 293 g/mol. The predicted octanol–water partition coefficient (Wildman–Crippen LogP) is 2.82. The molecule has 0 spiro atoms. The minimum Gasteiger partial charge on any atom is -0.354 e. The van der Waals surface area contributed by atoms with E-state index in [1.807, 2.05) is 11.4 Å². The third-order valence-corrected chi connectivity index (χ3v) is 5.43. The van der Waals surface area contributed by atoms with Crippen LogP contribution in [0, 0.1) is 18.8 Å². The van der Waals surface area contributed by atoms with Gasteiger partial charge in [0.05, 0.1) is 0 Å². The first-order chi connectivity index (χ1) is 10.8. The van der Waals surface area contributed by atoms with Gasteiger partial charge in [-0.25, -0.2) is 0 Å².